The van der Waals surface area contributed by atoms with E-state index >= 15 is 0 Å². The minimum atomic E-state index is 1.11. The first-order valence-electron chi connectivity index (χ1n) is 6.92. The van der Waals surface area contributed by atoms with Gasteiger partial charge in [0.05, 0.1) is 0 Å². The average molecular weight is 279 g/mol. The van der Waals surface area contributed by atoms with Gasteiger partial charge in [-0.05, 0) is 18.2 Å². The van der Waals surface area contributed by atoms with Gasteiger partial charge in [-0.2, -0.15) is 0 Å². The fourth-order valence-corrected chi connectivity index (χ4v) is 2.01. The summed E-state index contributed by atoms with van der Waals surface area (Å²) in [4.78, 5) is 8.50. The summed E-state index contributed by atoms with van der Waals surface area (Å²) in [7, 11) is 6.08. The summed E-state index contributed by atoms with van der Waals surface area (Å²) >= 11 is 0. The van der Waals surface area contributed by atoms with E-state index in [1.807, 2.05) is 68.8 Å². The third-order valence-corrected chi connectivity index (χ3v) is 3.17. The summed E-state index contributed by atoms with van der Waals surface area (Å²) in [5, 5.41) is 0. The highest BCUT2D eigenvalue weighted by Gasteiger charge is 1.99. The second-order valence-corrected chi connectivity index (χ2v) is 4.98. The summed E-state index contributed by atoms with van der Waals surface area (Å²) in [6.45, 7) is 0. The normalized spacial score (nSPS) is 11.2. The van der Waals surface area contributed by atoms with Crippen LogP contribution in [0.2, 0.25) is 0 Å². The van der Waals surface area contributed by atoms with Crippen molar-refractivity contribution in [1.29, 1.82) is 0 Å². The molecule has 0 N–H and O–H groups in total. The third kappa shape index (κ3) is 4.21. The summed E-state index contributed by atoms with van der Waals surface area (Å²) in [5.41, 5.74) is 3.40. The van der Waals surface area contributed by atoms with Gasteiger partial charge in [-0.3, -0.25) is 4.99 Å². The summed E-state index contributed by atoms with van der Waals surface area (Å²) in [5.74, 6) is 0. The molecule has 2 aromatic rings. The molecule has 0 spiro atoms. The molecule has 0 saturated carbocycles. The van der Waals surface area contributed by atoms with Crippen LogP contribution < -0.4 is 9.80 Å². The van der Waals surface area contributed by atoms with Crippen molar-refractivity contribution in [3.8, 4) is 0 Å². The van der Waals surface area contributed by atoms with Crippen LogP contribution in [-0.2, 0) is 0 Å². The molecule has 0 aliphatic heterocycles. The van der Waals surface area contributed by atoms with E-state index in [0.29, 0.717) is 0 Å². The first-order chi connectivity index (χ1) is 10.2. The molecule has 3 nitrogen and oxygen atoms in total. The lowest BCUT2D eigenvalue weighted by atomic mass is 10.2. The van der Waals surface area contributed by atoms with E-state index in [1.54, 1.807) is 6.20 Å². The number of rotatable bonds is 5. The summed E-state index contributed by atoms with van der Waals surface area (Å²) in [6.07, 6.45) is 5.63. The van der Waals surface area contributed by atoms with Gasteiger partial charge in [-0.25, -0.2) is 0 Å². The zero-order chi connectivity index (χ0) is 15.1. The van der Waals surface area contributed by atoms with Crippen molar-refractivity contribution < 1.29 is 0 Å². The molecule has 0 fully saturated rings. The number of nitrogens with zero attached hydrogens (tertiary/aromatic N) is 3. The summed E-state index contributed by atoms with van der Waals surface area (Å²) < 4.78 is 0. The number of hydrogen-bond donors (Lipinski definition) is 0. The topological polar surface area (TPSA) is 18.8 Å². The van der Waals surface area contributed by atoms with Gasteiger partial charge in [0.1, 0.15) is 0 Å². The van der Waals surface area contributed by atoms with Gasteiger partial charge in [-0.1, -0.05) is 36.4 Å². The van der Waals surface area contributed by atoms with Gasteiger partial charge in [-0.15, -0.1) is 0 Å². The molecule has 0 unspecified atom stereocenters. The first-order valence-corrected chi connectivity index (χ1v) is 6.92. The predicted molar refractivity (Wildman–Crippen MR) is 92.3 cm³/mol. The first kappa shape index (κ1) is 14.9. The van der Waals surface area contributed by atoms with Gasteiger partial charge < -0.3 is 9.80 Å². The molecule has 0 atom stereocenters. The molecule has 0 aromatic heterocycles. The molecule has 0 radical (unpaired) electrons. The Bertz CT molecular complexity index is 615. The molecule has 0 saturated heterocycles. The van der Waals surface area contributed by atoms with Crippen molar-refractivity contribution in [3.63, 3.8) is 0 Å². The van der Waals surface area contributed by atoms with E-state index in [4.69, 9.17) is 0 Å². The van der Waals surface area contributed by atoms with Crippen molar-refractivity contribution in [2.24, 2.45) is 4.99 Å². The van der Waals surface area contributed by atoms with Gasteiger partial charge in [0.15, 0.2) is 0 Å². The quantitative estimate of drug-likeness (QED) is 0.776. The van der Waals surface area contributed by atoms with E-state index in [2.05, 4.69) is 34.2 Å². The Hall–Kier alpha value is -2.55. The molecule has 0 amide bonds. The lowest BCUT2D eigenvalue weighted by molar-refractivity contribution is 1.13. The van der Waals surface area contributed by atoms with Crippen molar-refractivity contribution in [1.82, 2.24) is 0 Å². The SMILES string of the molecule is CN(C)c1ccccc1C=N/C=C\N(C)c1ccccc1. The molecule has 0 aliphatic rings. The fraction of sp³-hybridized carbons (Fsp3) is 0.167. The Balaban J connectivity index is 2.04. The Kier molecular flexibility index (Phi) is 5.16. The number of benzene rings is 2. The van der Waals surface area contributed by atoms with E-state index in [-0.39, 0.29) is 0 Å². The molecule has 2 aromatic carbocycles. The molecule has 0 heterocycles. The van der Waals surface area contributed by atoms with Crippen LogP contribution in [0.1, 0.15) is 5.56 Å². The maximum atomic E-state index is 4.38. The number of para-hydroxylation sites is 2. The van der Waals surface area contributed by atoms with Crippen LogP contribution in [0.15, 0.2) is 72.0 Å². The second-order valence-electron chi connectivity index (χ2n) is 4.98. The summed E-state index contributed by atoms with van der Waals surface area (Å²) in [6, 6.07) is 18.4. The minimum Gasteiger partial charge on any atom is -0.377 e. The number of hydrogen-bond acceptors (Lipinski definition) is 3. The van der Waals surface area contributed by atoms with Crippen LogP contribution in [0.5, 0.6) is 0 Å². The fourth-order valence-electron chi connectivity index (χ4n) is 2.01. The lowest BCUT2D eigenvalue weighted by Gasteiger charge is -2.14. The molecular weight excluding hydrogens is 258 g/mol. The zero-order valence-electron chi connectivity index (χ0n) is 12.8. The smallest absolute Gasteiger partial charge is 0.0450 e. The van der Waals surface area contributed by atoms with Crippen molar-refractivity contribution in [2.75, 3.05) is 30.9 Å². The van der Waals surface area contributed by atoms with Crippen molar-refractivity contribution >= 4 is 17.6 Å². The van der Waals surface area contributed by atoms with Gasteiger partial charge in [0, 0.05) is 56.7 Å². The molecule has 0 aliphatic carbocycles. The van der Waals surface area contributed by atoms with Crippen LogP contribution in [0.3, 0.4) is 0 Å². The second kappa shape index (κ2) is 7.29. The minimum absolute atomic E-state index is 1.11. The van der Waals surface area contributed by atoms with Gasteiger partial charge in [0.2, 0.25) is 0 Å². The van der Waals surface area contributed by atoms with Crippen LogP contribution in [-0.4, -0.2) is 27.4 Å². The van der Waals surface area contributed by atoms with Crippen molar-refractivity contribution in [2.45, 2.75) is 0 Å². The van der Waals surface area contributed by atoms with Crippen LogP contribution in [0.25, 0.3) is 0 Å². The maximum Gasteiger partial charge on any atom is 0.0450 e. The van der Waals surface area contributed by atoms with Gasteiger partial charge in [0.25, 0.3) is 0 Å². The predicted octanol–water partition coefficient (Wildman–Crippen LogP) is 3.78. The lowest BCUT2D eigenvalue weighted by Crippen LogP contribution is -2.10. The zero-order valence-corrected chi connectivity index (χ0v) is 12.8. The number of anilines is 2. The largest absolute Gasteiger partial charge is 0.377 e. The highest BCUT2D eigenvalue weighted by molar-refractivity contribution is 5.88. The third-order valence-electron chi connectivity index (χ3n) is 3.17. The van der Waals surface area contributed by atoms with Crippen LogP contribution >= 0.6 is 0 Å². The Morgan fingerprint density at radius 3 is 2.24 bits per heavy atom. The van der Waals surface area contributed by atoms with E-state index in [9.17, 15) is 0 Å². The number of aliphatic imine (C=N–C) groups is 1. The standard InChI is InChI=1S/C18H21N3/c1-20(2)18-12-8-7-9-16(18)15-19-13-14-21(3)17-10-5-4-6-11-17/h4-15H,1-3H3/b14-13-,19-15?. The Morgan fingerprint density at radius 2 is 1.52 bits per heavy atom. The van der Waals surface area contributed by atoms with Crippen molar-refractivity contribution in [3.05, 3.63) is 72.6 Å². The van der Waals surface area contributed by atoms with Gasteiger partial charge >= 0.3 is 0 Å². The molecular formula is C18H21N3. The monoisotopic (exact) mass is 279 g/mol. The van der Waals surface area contributed by atoms with Crippen LogP contribution in [0, 0.1) is 0 Å². The van der Waals surface area contributed by atoms with E-state index in [1.165, 1.54) is 0 Å². The molecule has 108 valence electrons. The van der Waals surface area contributed by atoms with Crippen LogP contribution in [0.4, 0.5) is 11.4 Å². The molecule has 0 bridgehead atoms. The highest BCUT2D eigenvalue weighted by atomic mass is 15.1. The molecule has 21 heavy (non-hydrogen) atoms. The molecule has 3 heteroatoms. The maximum absolute atomic E-state index is 4.38. The average Bonchev–Trinajstić information content (AvgIpc) is 2.52. The highest BCUT2D eigenvalue weighted by Crippen LogP contribution is 2.15. The van der Waals surface area contributed by atoms with E-state index < -0.39 is 0 Å². The van der Waals surface area contributed by atoms with E-state index in [0.717, 1.165) is 16.9 Å². The molecule has 2 rings (SSSR count). The Morgan fingerprint density at radius 1 is 0.857 bits per heavy atom. The Labute approximate surface area is 126 Å².